The molecule has 0 aromatic rings. The number of hydroxylamine groups is 2. The molecule has 1 heterocycles. The highest BCUT2D eigenvalue weighted by molar-refractivity contribution is 5.77. The SMILES string of the molecule is O=C(C1CCC(C(F)(F)F)CC1)N1CCCCO1. The molecule has 6 heteroatoms. The number of halogens is 3. The lowest BCUT2D eigenvalue weighted by molar-refractivity contribution is -0.207. The second-order valence-electron chi connectivity index (χ2n) is 5.07. The third kappa shape index (κ3) is 3.16. The Morgan fingerprint density at radius 3 is 2.28 bits per heavy atom. The minimum atomic E-state index is -4.12. The van der Waals surface area contributed by atoms with E-state index in [2.05, 4.69) is 0 Å². The fraction of sp³-hybridized carbons (Fsp3) is 0.917. The summed E-state index contributed by atoms with van der Waals surface area (Å²) in [5.41, 5.74) is 0. The normalized spacial score (nSPS) is 30.3. The van der Waals surface area contributed by atoms with Crippen LogP contribution in [-0.4, -0.2) is 30.3 Å². The van der Waals surface area contributed by atoms with E-state index in [4.69, 9.17) is 4.84 Å². The lowest BCUT2D eigenvalue weighted by Gasteiger charge is -2.33. The zero-order chi connectivity index (χ0) is 13.2. The van der Waals surface area contributed by atoms with Crippen molar-refractivity contribution in [2.24, 2.45) is 11.8 Å². The molecule has 1 aliphatic carbocycles. The number of carbonyl (C=O) groups excluding carboxylic acids is 1. The number of amides is 1. The van der Waals surface area contributed by atoms with E-state index in [1.165, 1.54) is 5.06 Å². The summed E-state index contributed by atoms with van der Waals surface area (Å²) in [6.07, 6.45) is -1.50. The quantitative estimate of drug-likeness (QED) is 0.729. The zero-order valence-corrected chi connectivity index (χ0v) is 10.2. The van der Waals surface area contributed by atoms with Crippen molar-refractivity contribution in [2.75, 3.05) is 13.2 Å². The van der Waals surface area contributed by atoms with E-state index in [0.717, 1.165) is 12.8 Å². The van der Waals surface area contributed by atoms with Gasteiger partial charge in [0.25, 0.3) is 0 Å². The molecule has 18 heavy (non-hydrogen) atoms. The van der Waals surface area contributed by atoms with Gasteiger partial charge in [-0.25, -0.2) is 5.06 Å². The van der Waals surface area contributed by atoms with E-state index in [-0.39, 0.29) is 24.7 Å². The van der Waals surface area contributed by atoms with Crippen molar-refractivity contribution >= 4 is 5.91 Å². The molecule has 0 aromatic heterocycles. The molecule has 1 saturated heterocycles. The van der Waals surface area contributed by atoms with Gasteiger partial charge in [-0.1, -0.05) is 0 Å². The Hall–Kier alpha value is -0.780. The smallest absolute Gasteiger partial charge is 0.272 e. The molecule has 1 saturated carbocycles. The summed E-state index contributed by atoms with van der Waals surface area (Å²) in [5.74, 6) is -1.65. The first-order chi connectivity index (χ1) is 8.48. The van der Waals surface area contributed by atoms with Gasteiger partial charge in [0.05, 0.1) is 12.5 Å². The van der Waals surface area contributed by atoms with Crippen molar-refractivity contribution in [2.45, 2.75) is 44.7 Å². The molecule has 0 aromatic carbocycles. The first kappa shape index (κ1) is 13.6. The van der Waals surface area contributed by atoms with Crippen LogP contribution in [0.1, 0.15) is 38.5 Å². The van der Waals surface area contributed by atoms with Crippen LogP contribution in [0.15, 0.2) is 0 Å². The Labute approximate surface area is 104 Å². The first-order valence-electron chi connectivity index (χ1n) is 6.49. The van der Waals surface area contributed by atoms with Gasteiger partial charge in [0.2, 0.25) is 5.91 Å². The standard InChI is InChI=1S/C12H18F3NO2/c13-12(14,15)10-5-3-9(4-6-10)11(17)16-7-1-2-8-18-16/h9-10H,1-8H2. The van der Waals surface area contributed by atoms with Crippen LogP contribution in [0.25, 0.3) is 0 Å². The van der Waals surface area contributed by atoms with E-state index in [9.17, 15) is 18.0 Å². The molecule has 0 radical (unpaired) electrons. The minimum Gasteiger partial charge on any atom is -0.272 e. The lowest BCUT2D eigenvalue weighted by Crippen LogP contribution is -2.41. The summed E-state index contributed by atoms with van der Waals surface area (Å²) in [5, 5.41) is 1.35. The van der Waals surface area contributed by atoms with Gasteiger partial charge in [-0.05, 0) is 38.5 Å². The second kappa shape index (κ2) is 5.47. The van der Waals surface area contributed by atoms with Gasteiger partial charge < -0.3 is 0 Å². The molecule has 2 fully saturated rings. The summed E-state index contributed by atoms with van der Waals surface area (Å²) in [6, 6.07) is 0. The van der Waals surface area contributed by atoms with Crippen molar-refractivity contribution in [3.63, 3.8) is 0 Å². The summed E-state index contributed by atoms with van der Waals surface area (Å²) < 4.78 is 37.5. The molecule has 0 N–H and O–H groups in total. The molecule has 2 aliphatic rings. The summed E-state index contributed by atoms with van der Waals surface area (Å²) in [4.78, 5) is 17.3. The fourth-order valence-electron chi connectivity index (χ4n) is 2.64. The largest absolute Gasteiger partial charge is 0.391 e. The van der Waals surface area contributed by atoms with Crippen LogP contribution < -0.4 is 0 Å². The summed E-state index contributed by atoms with van der Waals surface area (Å²) in [6.45, 7) is 1.10. The van der Waals surface area contributed by atoms with Crippen LogP contribution in [0.5, 0.6) is 0 Å². The maximum atomic E-state index is 12.5. The average Bonchev–Trinajstić information content (AvgIpc) is 2.38. The van der Waals surface area contributed by atoms with Gasteiger partial charge >= 0.3 is 6.18 Å². The molecule has 0 atom stereocenters. The topological polar surface area (TPSA) is 29.5 Å². The predicted octanol–water partition coefficient (Wildman–Crippen LogP) is 2.91. The van der Waals surface area contributed by atoms with Crippen molar-refractivity contribution in [1.29, 1.82) is 0 Å². The zero-order valence-electron chi connectivity index (χ0n) is 10.2. The monoisotopic (exact) mass is 265 g/mol. The maximum Gasteiger partial charge on any atom is 0.391 e. The predicted molar refractivity (Wildman–Crippen MR) is 58.4 cm³/mol. The van der Waals surface area contributed by atoms with E-state index < -0.39 is 12.1 Å². The molecule has 2 rings (SSSR count). The van der Waals surface area contributed by atoms with Gasteiger partial charge in [0.1, 0.15) is 0 Å². The van der Waals surface area contributed by atoms with Crippen LogP contribution >= 0.6 is 0 Å². The number of carbonyl (C=O) groups is 1. The highest BCUT2D eigenvalue weighted by atomic mass is 19.4. The summed E-state index contributed by atoms with van der Waals surface area (Å²) >= 11 is 0. The first-order valence-corrected chi connectivity index (χ1v) is 6.49. The summed E-state index contributed by atoms with van der Waals surface area (Å²) in [7, 11) is 0. The molecule has 1 aliphatic heterocycles. The third-order valence-corrected chi connectivity index (χ3v) is 3.79. The van der Waals surface area contributed by atoms with Crippen molar-refractivity contribution < 1.29 is 22.8 Å². The number of rotatable bonds is 1. The van der Waals surface area contributed by atoms with E-state index in [1.807, 2.05) is 0 Å². The average molecular weight is 265 g/mol. The van der Waals surface area contributed by atoms with Crippen LogP contribution in [-0.2, 0) is 9.63 Å². The molecule has 0 spiro atoms. The van der Waals surface area contributed by atoms with E-state index >= 15 is 0 Å². The molecule has 0 unspecified atom stereocenters. The number of alkyl halides is 3. The highest BCUT2D eigenvalue weighted by Gasteiger charge is 2.43. The fourth-order valence-corrected chi connectivity index (χ4v) is 2.64. The number of hydrogen-bond acceptors (Lipinski definition) is 2. The van der Waals surface area contributed by atoms with Gasteiger partial charge in [-0.2, -0.15) is 13.2 Å². The van der Waals surface area contributed by atoms with Gasteiger partial charge in [0.15, 0.2) is 0 Å². The Morgan fingerprint density at radius 1 is 1.11 bits per heavy atom. The van der Waals surface area contributed by atoms with Crippen molar-refractivity contribution in [1.82, 2.24) is 5.06 Å². The van der Waals surface area contributed by atoms with Crippen LogP contribution in [0.4, 0.5) is 13.2 Å². The second-order valence-corrected chi connectivity index (χ2v) is 5.07. The van der Waals surface area contributed by atoms with E-state index in [1.54, 1.807) is 0 Å². The lowest BCUT2D eigenvalue weighted by atomic mass is 9.81. The maximum absolute atomic E-state index is 12.5. The molecular weight excluding hydrogens is 247 g/mol. The minimum absolute atomic E-state index is 0.0632. The van der Waals surface area contributed by atoms with Gasteiger partial charge in [-0.15, -0.1) is 0 Å². The number of hydrogen-bond donors (Lipinski definition) is 0. The molecule has 104 valence electrons. The van der Waals surface area contributed by atoms with Crippen molar-refractivity contribution in [3.05, 3.63) is 0 Å². The highest BCUT2D eigenvalue weighted by Crippen LogP contribution is 2.40. The Bertz CT molecular complexity index is 292. The third-order valence-electron chi connectivity index (χ3n) is 3.79. The van der Waals surface area contributed by atoms with Crippen LogP contribution in [0, 0.1) is 11.8 Å². The van der Waals surface area contributed by atoms with Crippen LogP contribution in [0.3, 0.4) is 0 Å². The molecule has 0 bridgehead atoms. The Morgan fingerprint density at radius 2 is 1.78 bits per heavy atom. The van der Waals surface area contributed by atoms with Gasteiger partial charge in [0, 0.05) is 12.5 Å². The molecule has 1 amide bonds. The number of nitrogens with zero attached hydrogens (tertiary/aromatic N) is 1. The Kier molecular flexibility index (Phi) is 4.14. The van der Waals surface area contributed by atoms with Gasteiger partial charge in [-0.3, -0.25) is 9.63 Å². The van der Waals surface area contributed by atoms with E-state index in [0.29, 0.717) is 26.0 Å². The van der Waals surface area contributed by atoms with Crippen molar-refractivity contribution in [3.8, 4) is 0 Å². The molecule has 3 nitrogen and oxygen atoms in total. The van der Waals surface area contributed by atoms with Crippen LogP contribution in [0.2, 0.25) is 0 Å². The Balaban J connectivity index is 1.83. The molecular formula is C12H18F3NO2.